The molecule has 0 unspecified atom stereocenters. The van der Waals surface area contributed by atoms with E-state index in [0.717, 1.165) is 6.07 Å². The van der Waals surface area contributed by atoms with E-state index >= 15 is 0 Å². The van der Waals surface area contributed by atoms with Crippen molar-refractivity contribution in [2.75, 3.05) is 21.2 Å². The Labute approximate surface area is 144 Å². The summed E-state index contributed by atoms with van der Waals surface area (Å²) in [6.45, 7) is 0.392. The molecule has 1 aromatic heterocycles. The first-order valence-corrected chi connectivity index (χ1v) is 7.71. The van der Waals surface area contributed by atoms with Gasteiger partial charge in [0.15, 0.2) is 0 Å². The Bertz CT molecular complexity index is 974. The summed E-state index contributed by atoms with van der Waals surface area (Å²) in [5, 5.41) is 19.8. The second-order valence-electron chi connectivity index (χ2n) is 6.03. The van der Waals surface area contributed by atoms with Crippen LogP contribution in [0.5, 0.6) is 17.2 Å². The van der Waals surface area contributed by atoms with Crippen molar-refractivity contribution in [1.82, 2.24) is 4.90 Å². The van der Waals surface area contributed by atoms with E-state index in [2.05, 4.69) is 0 Å². The van der Waals surface area contributed by atoms with E-state index < -0.39 is 0 Å². The molecule has 1 heterocycles. The molecule has 0 radical (unpaired) electrons. The van der Waals surface area contributed by atoms with Crippen LogP contribution >= 0.6 is 0 Å². The first kappa shape index (κ1) is 16.9. The highest BCUT2D eigenvalue weighted by atomic mass is 16.5. The van der Waals surface area contributed by atoms with Crippen LogP contribution in [0.3, 0.4) is 0 Å². The highest BCUT2D eigenvalue weighted by Crippen LogP contribution is 2.32. The molecule has 2 N–H and O–H groups in total. The molecule has 0 bridgehead atoms. The monoisotopic (exact) mass is 341 g/mol. The molecule has 0 atom stereocenters. The van der Waals surface area contributed by atoms with E-state index in [1.54, 1.807) is 31.4 Å². The second-order valence-corrected chi connectivity index (χ2v) is 6.03. The smallest absolute Gasteiger partial charge is 0.204 e. The SMILES string of the molecule is COc1ccc(-c2c(CN(C)C)oc3cc(O)cc(O)c3c2=O)cc1. The number of benzene rings is 2. The highest BCUT2D eigenvalue weighted by molar-refractivity contribution is 5.88. The lowest BCUT2D eigenvalue weighted by Crippen LogP contribution is -2.16. The summed E-state index contributed by atoms with van der Waals surface area (Å²) in [5.41, 5.74) is 0.850. The minimum atomic E-state index is -0.347. The van der Waals surface area contributed by atoms with E-state index in [4.69, 9.17) is 9.15 Å². The average molecular weight is 341 g/mol. The molecule has 0 saturated carbocycles. The maximum absolute atomic E-state index is 13.1. The zero-order valence-corrected chi connectivity index (χ0v) is 14.2. The second kappa shape index (κ2) is 6.49. The molecule has 6 heteroatoms. The number of nitrogens with zero attached hydrogens (tertiary/aromatic N) is 1. The van der Waals surface area contributed by atoms with E-state index in [-0.39, 0.29) is 27.9 Å². The van der Waals surface area contributed by atoms with Crippen LogP contribution in [0.2, 0.25) is 0 Å². The number of phenols is 2. The van der Waals surface area contributed by atoms with Crippen LogP contribution in [0.1, 0.15) is 5.76 Å². The van der Waals surface area contributed by atoms with Gasteiger partial charge in [-0.3, -0.25) is 4.79 Å². The van der Waals surface area contributed by atoms with Gasteiger partial charge in [-0.05, 0) is 31.8 Å². The predicted octanol–water partition coefficient (Wildman–Crippen LogP) is 2.94. The van der Waals surface area contributed by atoms with Gasteiger partial charge in [-0.2, -0.15) is 0 Å². The normalized spacial score (nSPS) is 11.2. The number of phenolic OH excluding ortho intramolecular Hbond substituents is 2. The number of aromatic hydroxyl groups is 2. The standard InChI is InChI=1S/C19H19NO5/c1-20(2)10-16-17(11-4-6-13(24-3)7-5-11)19(23)18-14(22)8-12(21)9-15(18)25-16/h4-9,21-22H,10H2,1-3H3. The summed E-state index contributed by atoms with van der Waals surface area (Å²) >= 11 is 0. The van der Waals surface area contributed by atoms with Crippen molar-refractivity contribution in [3.05, 3.63) is 52.4 Å². The highest BCUT2D eigenvalue weighted by Gasteiger charge is 2.19. The number of fused-ring (bicyclic) bond motifs is 1. The van der Waals surface area contributed by atoms with Crippen molar-refractivity contribution in [3.8, 4) is 28.4 Å². The maximum Gasteiger partial charge on any atom is 0.204 e. The lowest BCUT2D eigenvalue weighted by molar-refractivity contribution is 0.355. The van der Waals surface area contributed by atoms with Gasteiger partial charge in [-0.25, -0.2) is 0 Å². The quantitative estimate of drug-likeness (QED) is 0.759. The fraction of sp³-hybridized carbons (Fsp3) is 0.211. The van der Waals surface area contributed by atoms with Gasteiger partial charge in [0, 0.05) is 12.1 Å². The molecule has 0 saturated heterocycles. The van der Waals surface area contributed by atoms with Crippen LogP contribution in [0.25, 0.3) is 22.1 Å². The lowest BCUT2D eigenvalue weighted by atomic mass is 10.0. The summed E-state index contributed by atoms with van der Waals surface area (Å²) in [4.78, 5) is 14.9. The Morgan fingerprint density at radius 1 is 1.12 bits per heavy atom. The van der Waals surface area contributed by atoms with Crippen molar-refractivity contribution in [1.29, 1.82) is 0 Å². The molecule has 0 aliphatic heterocycles. The van der Waals surface area contributed by atoms with Gasteiger partial charge in [0.1, 0.15) is 34.0 Å². The molecule has 0 aliphatic carbocycles. The van der Waals surface area contributed by atoms with Gasteiger partial charge < -0.3 is 24.3 Å². The van der Waals surface area contributed by atoms with E-state index in [9.17, 15) is 15.0 Å². The fourth-order valence-electron chi connectivity index (χ4n) is 2.78. The first-order valence-electron chi connectivity index (χ1n) is 7.71. The molecule has 3 aromatic rings. The van der Waals surface area contributed by atoms with Crippen LogP contribution in [-0.2, 0) is 6.54 Å². The van der Waals surface area contributed by atoms with Crippen molar-refractivity contribution in [3.63, 3.8) is 0 Å². The van der Waals surface area contributed by atoms with Crippen LogP contribution in [0.4, 0.5) is 0 Å². The van der Waals surface area contributed by atoms with Gasteiger partial charge in [0.2, 0.25) is 5.43 Å². The van der Waals surface area contributed by atoms with Gasteiger partial charge in [0.25, 0.3) is 0 Å². The maximum atomic E-state index is 13.1. The largest absolute Gasteiger partial charge is 0.508 e. The minimum absolute atomic E-state index is 0.0473. The van der Waals surface area contributed by atoms with Crippen LogP contribution < -0.4 is 10.2 Å². The van der Waals surface area contributed by atoms with Gasteiger partial charge in [-0.15, -0.1) is 0 Å². The molecule has 2 aromatic carbocycles. The Hall–Kier alpha value is -2.99. The van der Waals surface area contributed by atoms with E-state index in [1.165, 1.54) is 6.07 Å². The predicted molar refractivity (Wildman–Crippen MR) is 95.2 cm³/mol. The Kier molecular flexibility index (Phi) is 4.37. The molecule has 0 spiro atoms. The zero-order valence-electron chi connectivity index (χ0n) is 14.2. The minimum Gasteiger partial charge on any atom is -0.508 e. The number of hydrogen-bond donors (Lipinski definition) is 2. The van der Waals surface area contributed by atoms with Crippen molar-refractivity contribution in [2.24, 2.45) is 0 Å². The van der Waals surface area contributed by atoms with Crippen LogP contribution in [-0.4, -0.2) is 36.3 Å². The summed E-state index contributed by atoms with van der Waals surface area (Å²) in [6, 6.07) is 9.52. The van der Waals surface area contributed by atoms with Gasteiger partial charge >= 0.3 is 0 Å². The van der Waals surface area contributed by atoms with Gasteiger partial charge in [-0.1, -0.05) is 12.1 Å². The molecule has 0 amide bonds. The lowest BCUT2D eigenvalue weighted by Gasteiger charge is -2.15. The number of hydrogen-bond acceptors (Lipinski definition) is 6. The third-order valence-corrected chi connectivity index (χ3v) is 3.87. The Morgan fingerprint density at radius 3 is 2.40 bits per heavy atom. The molecule has 0 aliphatic rings. The topological polar surface area (TPSA) is 83.1 Å². The Morgan fingerprint density at radius 2 is 1.80 bits per heavy atom. The summed E-state index contributed by atoms with van der Waals surface area (Å²) in [7, 11) is 5.30. The summed E-state index contributed by atoms with van der Waals surface area (Å²) < 4.78 is 11.0. The van der Waals surface area contributed by atoms with Crippen molar-refractivity contribution >= 4 is 11.0 Å². The first-order chi connectivity index (χ1) is 11.9. The molecule has 0 fully saturated rings. The molecular formula is C19H19NO5. The van der Waals surface area contributed by atoms with Crippen molar-refractivity contribution < 1.29 is 19.4 Å². The van der Waals surface area contributed by atoms with Crippen LogP contribution in [0, 0.1) is 0 Å². The zero-order chi connectivity index (χ0) is 18.1. The van der Waals surface area contributed by atoms with E-state index in [1.807, 2.05) is 19.0 Å². The third kappa shape index (κ3) is 3.16. The Balaban J connectivity index is 2.33. The average Bonchev–Trinajstić information content (AvgIpc) is 2.54. The summed E-state index contributed by atoms with van der Waals surface area (Å²) in [6.07, 6.45) is 0. The van der Waals surface area contributed by atoms with Crippen molar-refractivity contribution in [2.45, 2.75) is 6.54 Å². The van der Waals surface area contributed by atoms with Crippen LogP contribution in [0.15, 0.2) is 45.6 Å². The molecular weight excluding hydrogens is 322 g/mol. The number of methoxy groups -OCH3 is 1. The van der Waals surface area contributed by atoms with Gasteiger partial charge in [0.05, 0.1) is 19.2 Å². The third-order valence-electron chi connectivity index (χ3n) is 3.87. The molecule has 3 rings (SSSR count). The molecule has 25 heavy (non-hydrogen) atoms. The fourth-order valence-corrected chi connectivity index (χ4v) is 2.78. The summed E-state index contributed by atoms with van der Waals surface area (Å²) in [5.74, 6) is 0.657. The van der Waals surface area contributed by atoms with E-state index in [0.29, 0.717) is 29.2 Å². The number of rotatable bonds is 4. The molecule has 6 nitrogen and oxygen atoms in total. The molecule has 130 valence electrons. The number of ether oxygens (including phenoxy) is 1.